The molecule has 0 nitrogen and oxygen atoms in total. The summed E-state index contributed by atoms with van der Waals surface area (Å²) in [5.41, 5.74) is 1.41. The first kappa shape index (κ1) is 8.91. The third kappa shape index (κ3) is 4.42. The predicted molar refractivity (Wildman–Crippen MR) is 47.8 cm³/mol. The van der Waals surface area contributed by atoms with Gasteiger partial charge in [-0.3, -0.25) is 0 Å². The highest BCUT2D eigenvalue weighted by Crippen LogP contribution is 2.02. The van der Waals surface area contributed by atoms with Crippen LogP contribution in [0.5, 0.6) is 0 Å². The van der Waals surface area contributed by atoms with Crippen LogP contribution in [-0.2, 0) is 0 Å². The molecule has 0 aromatic heterocycles. The lowest BCUT2D eigenvalue weighted by Crippen LogP contribution is -1.76. The van der Waals surface area contributed by atoms with Crippen LogP contribution in [0.1, 0.15) is 20.3 Å². The molecule has 0 fully saturated rings. The Kier molecular flexibility index (Phi) is 5.98. The van der Waals surface area contributed by atoms with Crippen LogP contribution in [0.15, 0.2) is 23.8 Å². The van der Waals surface area contributed by atoms with Crippen molar-refractivity contribution in [2.75, 3.05) is 6.16 Å². The van der Waals surface area contributed by atoms with Crippen molar-refractivity contribution in [3.63, 3.8) is 0 Å². The zero-order valence-electron chi connectivity index (χ0n) is 6.22. The van der Waals surface area contributed by atoms with Crippen LogP contribution < -0.4 is 0 Å². The molecule has 0 spiro atoms. The second kappa shape index (κ2) is 6.04. The van der Waals surface area contributed by atoms with Gasteiger partial charge in [0.05, 0.1) is 0 Å². The third-order valence-electron chi connectivity index (χ3n) is 1.08. The monoisotopic (exact) mass is 142 g/mol. The minimum absolute atomic E-state index is 1.07. The fourth-order valence-electron chi connectivity index (χ4n) is 0.696. The van der Waals surface area contributed by atoms with Gasteiger partial charge in [-0.25, -0.2) is 0 Å². The van der Waals surface area contributed by atoms with Crippen molar-refractivity contribution in [2.24, 2.45) is 0 Å². The second-order valence-corrected chi connectivity index (χ2v) is 2.30. The molecule has 0 saturated heterocycles. The molecule has 0 N–H and O–H groups in total. The number of rotatable bonds is 3. The first-order valence-corrected chi connectivity index (χ1v) is 4.18. The summed E-state index contributed by atoms with van der Waals surface area (Å²) in [5.74, 6) is 0. The SMILES string of the molecule is C/C=C\C(=C/CC)CP. The van der Waals surface area contributed by atoms with E-state index in [1.54, 1.807) is 0 Å². The molecule has 0 rings (SSSR count). The third-order valence-corrected chi connectivity index (χ3v) is 1.55. The molecule has 0 aliphatic carbocycles. The van der Waals surface area contributed by atoms with E-state index in [2.05, 4.69) is 34.4 Å². The molecule has 1 atom stereocenters. The average Bonchev–Trinajstić information content (AvgIpc) is 1.88. The van der Waals surface area contributed by atoms with Gasteiger partial charge < -0.3 is 0 Å². The van der Waals surface area contributed by atoms with E-state index >= 15 is 0 Å². The van der Waals surface area contributed by atoms with Gasteiger partial charge in [0.15, 0.2) is 0 Å². The Morgan fingerprint density at radius 3 is 2.56 bits per heavy atom. The van der Waals surface area contributed by atoms with Gasteiger partial charge in [0.1, 0.15) is 0 Å². The summed E-state index contributed by atoms with van der Waals surface area (Å²) in [7, 11) is 2.72. The first-order chi connectivity index (χ1) is 4.35. The van der Waals surface area contributed by atoms with Gasteiger partial charge in [-0.15, -0.1) is 9.24 Å². The Bertz CT molecular complexity index is 112. The number of hydrogen-bond donors (Lipinski definition) is 0. The fraction of sp³-hybridized carbons (Fsp3) is 0.500. The van der Waals surface area contributed by atoms with Gasteiger partial charge in [-0.1, -0.05) is 25.2 Å². The Morgan fingerprint density at radius 2 is 2.22 bits per heavy atom. The maximum atomic E-state index is 2.72. The largest absolute Gasteiger partial charge is 0.133 e. The highest BCUT2D eigenvalue weighted by molar-refractivity contribution is 7.16. The standard InChI is InChI=1S/C8H15P/c1-3-5-8(7-9)6-4-2/h3,5-6H,4,7,9H2,1-2H3/b5-3-,8-6+. The van der Waals surface area contributed by atoms with Crippen LogP contribution in [0.3, 0.4) is 0 Å². The van der Waals surface area contributed by atoms with E-state index in [4.69, 9.17) is 0 Å². The van der Waals surface area contributed by atoms with Crippen LogP contribution in [0.25, 0.3) is 0 Å². The molecule has 52 valence electrons. The molecular weight excluding hydrogens is 127 g/mol. The van der Waals surface area contributed by atoms with Crippen LogP contribution in [-0.4, -0.2) is 6.16 Å². The molecule has 0 bridgehead atoms. The maximum Gasteiger partial charge on any atom is -0.0132 e. The van der Waals surface area contributed by atoms with Gasteiger partial charge >= 0.3 is 0 Å². The van der Waals surface area contributed by atoms with E-state index in [9.17, 15) is 0 Å². The summed E-state index contributed by atoms with van der Waals surface area (Å²) in [6.07, 6.45) is 8.67. The summed E-state index contributed by atoms with van der Waals surface area (Å²) in [5, 5.41) is 0. The highest BCUT2D eigenvalue weighted by Gasteiger charge is 1.82. The van der Waals surface area contributed by atoms with Gasteiger partial charge in [0.25, 0.3) is 0 Å². The molecule has 1 heteroatoms. The lowest BCUT2D eigenvalue weighted by Gasteiger charge is -1.92. The summed E-state index contributed by atoms with van der Waals surface area (Å²) in [6.45, 7) is 4.20. The molecule has 0 aliphatic heterocycles. The van der Waals surface area contributed by atoms with Crippen molar-refractivity contribution in [1.82, 2.24) is 0 Å². The molecule has 0 aliphatic rings. The van der Waals surface area contributed by atoms with Crippen molar-refractivity contribution < 1.29 is 0 Å². The molecule has 0 aromatic rings. The minimum Gasteiger partial charge on any atom is -0.133 e. The van der Waals surface area contributed by atoms with E-state index in [0.29, 0.717) is 0 Å². The van der Waals surface area contributed by atoms with E-state index in [0.717, 1.165) is 12.6 Å². The molecule has 0 saturated carbocycles. The smallest absolute Gasteiger partial charge is 0.0132 e. The molecule has 9 heavy (non-hydrogen) atoms. The van der Waals surface area contributed by atoms with Crippen LogP contribution >= 0.6 is 9.24 Å². The molecule has 1 unspecified atom stereocenters. The second-order valence-electron chi connectivity index (χ2n) is 1.89. The lowest BCUT2D eigenvalue weighted by atomic mass is 10.2. The zero-order chi connectivity index (χ0) is 7.11. The molecule has 0 aromatic carbocycles. The van der Waals surface area contributed by atoms with E-state index in [-0.39, 0.29) is 0 Å². The van der Waals surface area contributed by atoms with Crippen LogP contribution in [0.4, 0.5) is 0 Å². The molecular formula is C8H15P. The summed E-state index contributed by atoms with van der Waals surface area (Å²) in [4.78, 5) is 0. The zero-order valence-corrected chi connectivity index (χ0v) is 7.38. The van der Waals surface area contributed by atoms with Crippen LogP contribution in [0.2, 0.25) is 0 Å². The van der Waals surface area contributed by atoms with Crippen molar-refractivity contribution >= 4 is 9.24 Å². The molecule has 0 radical (unpaired) electrons. The van der Waals surface area contributed by atoms with Gasteiger partial charge in [-0.05, 0) is 25.1 Å². The number of hydrogen-bond acceptors (Lipinski definition) is 0. The van der Waals surface area contributed by atoms with Crippen LogP contribution in [0, 0.1) is 0 Å². The summed E-state index contributed by atoms with van der Waals surface area (Å²) < 4.78 is 0. The van der Waals surface area contributed by atoms with Gasteiger partial charge in [-0.2, -0.15) is 0 Å². The Morgan fingerprint density at radius 1 is 1.56 bits per heavy atom. The predicted octanol–water partition coefficient (Wildman–Crippen LogP) is 2.77. The van der Waals surface area contributed by atoms with Gasteiger partial charge in [0.2, 0.25) is 0 Å². The van der Waals surface area contributed by atoms with E-state index < -0.39 is 0 Å². The topological polar surface area (TPSA) is 0 Å². The Balaban J connectivity index is 3.81. The normalized spacial score (nSPS) is 13.0. The highest BCUT2D eigenvalue weighted by atomic mass is 31.0. The fourth-order valence-corrected chi connectivity index (χ4v) is 0.998. The molecule has 0 amide bonds. The minimum atomic E-state index is 1.07. The quantitative estimate of drug-likeness (QED) is 0.420. The van der Waals surface area contributed by atoms with Crippen molar-refractivity contribution in [2.45, 2.75) is 20.3 Å². The average molecular weight is 142 g/mol. The maximum absolute atomic E-state index is 2.72. The van der Waals surface area contributed by atoms with Crippen molar-refractivity contribution in [3.05, 3.63) is 23.8 Å². The Labute approximate surface area is 60.2 Å². The van der Waals surface area contributed by atoms with E-state index in [1.807, 2.05) is 6.92 Å². The Hall–Kier alpha value is -0.0900. The summed E-state index contributed by atoms with van der Waals surface area (Å²) >= 11 is 0. The summed E-state index contributed by atoms with van der Waals surface area (Å²) in [6, 6.07) is 0. The van der Waals surface area contributed by atoms with Crippen molar-refractivity contribution in [1.29, 1.82) is 0 Å². The van der Waals surface area contributed by atoms with Gasteiger partial charge in [0, 0.05) is 0 Å². The lowest BCUT2D eigenvalue weighted by molar-refractivity contribution is 1.20. The van der Waals surface area contributed by atoms with E-state index in [1.165, 1.54) is 5.57 Å². The molecule has 0 heterocycles. The first-order valence-electron chi connectivity index (χ1n) is 3.37. The van der Waals surface area contributed by atoms with Crippen molar-refractivity contribution in [3.8, 4) is 0 Å². The number of allylic oxidation sites excluding steroid dienone is 4.